The summed E-state index contributed by atoms with van der Waals surface area (Å²) in [6.45, 7) is 2.25. The van der Waals surface area contributed by atoms with Gasteiger partial charge in [0.2, 0.25) is 0 Å². The third-order valence-electron chi connectivity index (χ3n) is 2.95. The highest BCUT2D eigenvalue weighted by Crippen LogP contribution is 2.35. The molecule has 0 N–H and O–H groups in total. The number of allylic oxidation sites excluding steroid dienone is 2. The van der Waals surface area contributed by atoms with Crippen LogP contribution in [0.5, 0.6) is 0 Å². The standard InChI is InChI=1S/C13H15Cl/c1-2-10-4-3-5-13(10)11-6-8-12(14)9-7-11/h6-9H,2-5H2,1H3. The van der Waals surface area contributed by atoms with Crippen LogP contribution in [-0.4, -0.2) is 0 Å². The Bertz CT molecular complexity index is 346. The van der Waals surface area contributed by atoms with E-state index in [1.807, 2.05) is 12.1 Å². The van der Waals surface area contributed by atoms with E-state index in [0.717, 1.165) is 5.02 Å². The van der Waals surface area contributed by atoms with E-state index < -0.39 is 0 Å². The SMILES string of the molecule is CCC1=C(c2ccc(Cl)cc2)CCC1. The van der Waals surface area contributed by atoms with Gasteiger partial charge in [0.25, 0.3) is 0 Å². The molecular formula is C13H15Cl. The van der Waals surface area contributed by atoms with Crippen LogP contribution in [0, 0.1) is 0 Å². The van der Waals surface area contributed by atoms with Crippen LogP contribution in [0.25, 0.3) is 5.57 Å². The van der Waals surface area contributed by atoms with Gasteiger partial charge in [-0.3, -0.25) is 0 Å². The van der Waals surface area contributed by atoms with Crippen LogP contribution in [0.1, 0.15) is 38.2 Å². The molecule has 0 aliphatic heterocycles. The molecule has 1 aliphatic rings. The highest BCUT2D eigenvalue weighted by molar-refractivity contribution is 6.30. The molecule has 14 heavy (non-hydrogen) atoms. The molecule has 2 rings (SSSR count). The van der Waals surface area contributed by atoms with Crippen molar-refractivity contribution in [2.45, 2.75) is 32.6 Å². The third-order valence-corrected chi connectivity index (χ3v) is 3.20. The normalized spacial score (nSPS) is 16.4. The average molecular weight is 207 g/mol. The zero-order valence-electron chi connectivity index (χ0n) is 8.52. The second-order valence-corrected chi connectivity index (χ2v) is 4.23. The van der Waals surface area contributed by atoms with Crippen molar-refractivity contribution in [3.63, 3.8) is 0 Å². The minimum Gasteiger partial charge on any atom is -0.0843 e. The molecule has 0 spiro atoms. The fraction of sp³-hybridized carbons (Fsp3) is 0.385. The first-order valence-electron chi connectivity index (χ1n) is 5.28. The van der Waals surface area contributed by atoms with Crippen LogP contribution < -0.4 is 0 Å². The van der Waals surface area contributed by atoms with Crippen molar-refractivity contribution < 1.29 is 0 Å². The molecule has 0 bridgehead atoms. The van der Waals surface area contributed by atoms with E-state index in [1.54, 1.807) is 11.1 Å². The Balaban J connectivity index is 2.34. The van der Waals surface area contributed by atoms with Gasteiger partial charge in [-0.15, -0.1) is 0 Å². The fourth-order valence-corrected chi connectivity index (χ4v) is 2.32. The second-order valence-electron chi connectivity index (χ2n) is 3.80. The first-order chi connectivity index (χ1) is 6.81. The molecule has 0 heterocycles. The summed E-state index contributed by atoms with van der Waals surface area (Å²) < 4.78 is 0. The molecule has 0 aromatic heterocycles. The van der Waals surface area contributed by atoms with Gasteiger partial charge < -0.3 is 0 Å². The molecule has 0 unspecified atom stereocenters. The number of rotatable bonds is 2. The summed E-state index contributed by atoms with van der Waals surface area (Å²) in [4.78, 5) is 0. The lowest BCUT2D eigenvalue weighted by Crippen LogP contribution is -1.83. The zero-order valence-corrected chi connectivity index (χ0v) is 9.27. The predicted octanol–water partition coefficient (Wildman–Crippen LogP) is 4.69. The van der Waals surface area contributed by atoms with E-state index >= 15 is 0 Å². The van der Waals surface area contributed by atoms with Gasteiger partial charge in [-0.1, -0.05) is 36.2 Å². The lowest BCUT2D eigenvalue weighted by molar-refractivity contribution is 0.881. The van der Waals surface area contributed by atoms with Crippen LogP contribution in [0.4, 0.5) is 0 Å². The number of benzene rings is 1. The summed E-state index contributed by atoms with van der Waals surface area (Å²) in [6.07, 6.45) is 5.04. The summed E-state index contributed by atoms with van der Waals surface area (Å²) in [7, 11) is 0. The van der Waals surface area contributed by atoms with E-state index in [2.05, 4.69) is 19.1 Å². The zero-order chi connectivity index (χ0) is 9.97. The van der Waals surface area contributed by atoms with Crippen LogP contribution in [-0.2, 0) is 0 Å². The van der Waals surface area contributed by atoms with Crippen molar-refractivity contribution in [3.8, 4) is 0 Å². The second kappa shape index (κ2) is 4.18. The Morgan fingerprint density at radius 1 is 1.14 bits per heavy atom. The first kappa shape index (κ1) is 9.79. The number of halogens is 1. The van der Waals surface area contributed by atoms with Gasteiger partial charge >= 0.3 is 0 Å². The molecule has 0 fully saturated rings. The van der Waals surface area contributed by atoms with Crippen LogP contribution in [0.3, 0.4) is 0 Å². The van der Waals surface area contributed by atoms with E-state index in [1.165, 1.54) is 31.2 Å². The predicted molar refractivity (Wildman–Crippen MR) is 62.5 cm³/mol. The topological polar surface area (TPSA) is 0 Å². The molecule has 0 atom stereocenters. The monoisotopic (exact) mass is 206 g/mol. The molecule has 0 radical (unpaired) electrons. The van der Waals surface area contributed by atoms with Crippen LogP contribution >= 0.6 is 11.6 Å². The van der Waals surface area contributed by atoms with Gasteiger partial charge in [-0.25, -0.2) is 0 Å². The average Bonchev–Trinajstić information content (AvgIpc) is 2.67. The van der Waals surface area contributed by atoms with Crippen molar-refractivity contribution in [3.05, 3.63) is 40.4 Å². The summed E-state index contributed by atoms with van der Waals surface area (Å²) in [5.41, 5.74) is 4.56. The van der Waals surface area contributed by atoms with Gasteiger partial charge in [0, 0.05) is 5.02 Å². The quantitative estimate of drug-likeness (QED) is 0.659. The molecule has 1 aromatic carbocycles. The van der Waals surface area contributed by atoms with Crippen molar-refractivity contribution in [1.82, 2.24) is 0 Å². The largest absolute Gasteiger partial charge is 0.0843 e. The lowest BCUT2D eigenvalue weighted by atomic mass is 10.0. The van der Waals surface area contributed by atoms with Gasteiger partial charge in [0.05, 0.1) is 0 Å². The number of hydrogen-bond donors (Lipinski definition) is 0. The van der Waals surface area contributed by atoms with Gasteiger partial charge in [-0.05, 0) is 49.0 Å². The molecule has 1 aliphatic carbocycles. The van der Waals surface area contributed by atoms with E-state index in [-0.39, 0.29) is 0 Å². The maximum atomic E-state index is 5.87. The molecule has 1 aromatic rings. The van der Waals surface area contributed by atoms with E-state index in [9.17, 15) is 0 Å². The fourth-order valence-electron chi connectivity index (χ4n) is 2.20. The van der Waals surface area contributed by atoms with Gasteiger partial charge in [-0.2, -0.15) is 0 Å². The molecule has 1 heteroatoms. The molecule has 0 amide bonds. The summed E-state index contributed by atoms with van der Waals surface area (Å²) in [5.74, 6) is 0. The highest BCUT2D eigenvalue weighted by atomic mass is 35.5. The molecule has 0 nitrogen and oxygen atoms in total. The maximum Gasteiger partial charge on any atom is 0.0406 e. The van der Waals surface area contributed by atoms with Crippen LogP contribution in [0.2, 0.25) is 5.02 Å². The van der Waals surface area contributed by atoms with Crippen molar-refractivity contribution in [2.75, 3.05) is 0 Å². The number of hydrogen-bond acceptors (Lipinski definition) is 0. The minimum atomic E-state index is 0.824. The summed E-state index contributed by atoms with van der Waals surface area (Å²) >= 11 is 5.87. The summed E-state index contributed by atoms with van der Waals surface area (Å²) in [6, 6.07) is 8.24. The Labute approximate surface area is 90.6 Å². The minimum absolute atomic E-state index is 0.824. The Kier molecular flexibility index (Phi) is 2.93. The third kappa shape index (κ3) is 1.85. The molecule has 0 saturated carbocycles. The molecule has 0 saturated heterocycles. The Hall–Kier alpha value is -0.750. The Morgan fingerprint density at radius 3 is 2.50 bits per heavy atom. The van der Waals surface area contributed by atoms with Crippen molar-refractivity contribution in [1.29, 1.82) is 0 Å². The lowest BCUT2D eigenvalue weighted by Gasteiger charge is -2.05. The van der Waals surface area contributed by atoms with Crippen LogP contribution in [0.15, 0.2) is 29.8 Å². The molecular weight excluding hydrogens is 192 g/mol. The van der Waals surface area contributed by atoms with Gasteiger partial charge in [0.15, 0.2) is 0 Å². The highest BCUT2D eigenvalue weighted by Gasteiger charge is 2.13. The van der Waals surface area contributed by atoms with Crippen molar-refractivity contribution in [2.24, 2.45) is 0 Å². The summed E-state index contributed by atoms with van der Waals surface area (Å²) in [5, 5.41) is 0.824. The van der Waals surface area contributed by atoms with Crippen molar-refractivity contribution >= 4 is 17.2 Å². The molecule has 74 valence electrons. The first-order valence-corrected chi connectivity index (χ1v) is 5.66. The van der Waals surface area contributed by atoms with Gasteiger partial charge in [0.1, 0.15) is 0 Å². The Morgan fingerprint density at radius 2 is 1.86 bits per heavy atom. The van der Waals surface area contributed by atoms with E-state index in [0.29, 0.717) is 0 Å². The van der Waals surface area contributed by atoms with E-state index in [4.69, 9.17) is 11.6 Å². The maximum absolute atomic E-state index is 5.87. The smallest absolute Gasteiger partial charge is 0.0406 e.